The second-order valence-electron chi connectivity index (χ2n) is 3.47. The molecule has 84 valence electrons. The van der Waals surface area contributed by atoms with Gasteiger partial charge in [0.2, 0.25) is 0 Å². The molecule has 0 saturated heterocycles. The molecule has 0 aliphatic heterocycles. The van der Waals surface area contributed by atoms with Crippen LogP contribution in [0, 0.1) is 0 Å². The van der Waals surface area contributed by atoms with Crippen LogP contribution < -0.4 is 10.5 Å². The smallest absolute Gasteiger partial charge is 0.119 e. The highest BCUT2D eigenvalue weighted by molar-refractivity contribution is 5.28. The topological polar surface area (TPSA) is 55.5 Å². The molecule has 3 N–H and O–H groups in total. The highest BCUT2D eigenvalue weighted by Crippen LogP contribution is 2.19. The molecule has 1 atom stereocenters. The molecule has 1 aromatic carbocycles. The van der Waals surface area contributed by atoms with E-state index in [-0.39, 0.29) is 12.6 Å². The van der Waals surface area contributed by atoms with E-state index in [1.165, 1.54) is 0 Å². The summed E-state index contributed by atoms with van der Waals surface area (Å²) in [6.45, 7) is 2.83. The first-order valence-electron chi connectivity index (χ1n) is 5.37. The molecular weight excluding hydrogens is 190 g/mol. The average molecular weight is 209 g/mol. The van der Waals surface area contributed by atoms with Crippen LogP contribution in [-0.4, -0.2) is 18.3 Å². The molecule has 0 aromatic heterocycles. The Kier molecular flexibility index (Phi) is 5.15. The third-order valence-corrected chi connectivity index (χ3v) is 2.29. The van der Waals surface area contributed by atoms with Crippen LogP contribution in [0.15, 0.2) is 24.3 Å². The van der Waals surface area contributed by atoms with Crippen molar-refractivity contribution in [1.29, 1.82) is 0 Å². The van der Waals surface area contributed by atoms with Gasteiger partial charge >= 0.3 is 0 Å². The second kappa shape index (κ2) is 6.43. The molecule has 15 heavy (non-hydrogen) atoms. The van der Waals surface area contributed by atoms with E-state index in [0.29, 0.717) is 6.61 Å². The van der Waals surface area contributed by atoms with E-state index in [2.05, 4.69) is 0 Å². The van der Waals surface area contributed by atoms with Crippen LogP contribution in [0.1, 0.15) is 31.4 Å². The van der Waals surface area contributed by atoms with Crippen molar-refractivity contribution in [1.82, 2.24) is 0 Å². The summed E-state index contributed by atoms with van der Waals surface area (Å²) in [5.41, 5.74) is 7.04. The van der Waals surface area contributed by atoms with Crippen molar-refractivity contribution in [3.63, 3.8) is 0 Å². The summed E-state index contributed by atoms with van der Waals surface area (Å²) in [4.78, 5) is 0. The first kappa shape index (κ1) is 12.0. The predicted molar refractivity (Wildman–Crippen MR) is 60.9 cm³/mol. The lowest BCUT2D eigenvalue weighted by atomic mass is 10.0. The van der Waals surface area contributed by atoms with E-state index in [0.717, 1.165) is 24.2 Å². The van der Waals surface area contributed by atoms with Crippen LogP contribution in [0.5, 0.6) is 5.75 Å². The Morgan fingerprint density at radius 3 is 2.53 bits per heavy atom. The van der Waals surface area contributed by atoms with Gasteiger partial charge in [-0.2, -0.15) is 0 Å². The fourth-order valence-electron chi connectivity index (χ4n) is 1.46. The molecule has 0 unspecified atom stereocenters. The lowest BCUT2D eigenvalue weighted by Gasteiger charge is -2.11. The zero-order valence-electron chi connectivity index (χ0n) is 9.15. The maximum Gasteiger partial charge on any atom is 0.119 e. The van der Waals surface area contributed by atoms with E-state index in [1.807, 2.05) is 31.2 Å². The molecule has 3 nitrogen and oxygen atoms in total. The number of hydrogen-bond acceptors (Lipinski definition) is 3. The van der Waals surface area contributed by atoms with Crippen LogP contribution in [0.25, 0.3) is 0 Å². The maximum atomic E-state index is 8.70. The van der Waals surface area contributed by atoms with Crippen LogP contribution in [0.3, 0.4) is 0 Å². The number of aliphatic hydroxyl groups is 1. The van der Waals surface area contributed by atoms with Crippen molar-refractivity contribution >= 4 is 0 Å². The molecule has 0 aliphatic carbocycles. The lowest BCUT2D eigenvalue weighted by Crippen LogP contribution is -2.10. The van der Waals surface area contributed by atoms with Gasteiger partial charge in [0.25, 0.3) is 0 Å². The van der Waals surface area contributed by atoms with Crippen molar-refractivity contribution in [3.8, 4) is 5.75 Å². The predicted octanol–water partition coefficient (Wildman–Crippen LogP) is 1.86. The fraction of sp³-hybridized carbons (Fsp3) is 0.500. The zero-order valence-corrected chi connectivity index (χ0v) is 9.15. The van der Waals surface area contributed by atoms with Crippen LogP contribution >= 0.6 is 0 Å². The van der Waals surface area contributed by atoms with Crippen molar-refractivity contribution in [2.75, 3.05) is 13.2 Å². The number of benzene rings is 1. The van der Waals surface area contributed by atoms with Gasteiger partial charge in [0.15, 0.2) is 0 Å². The van der Waals surface area contributed by atoms with E-state index in [1.54, 1.807) is 0 Å². The Balaban J connectivity index is 2.54. The number of rotatable bonds is 6. The minimum Gasteiger partial charge on any atom is -0.494 e. The van der Waals surface area contributed by atoms with E-state index < -0.39 is 0 Å². The first-order valence-corrected chi connectivity index (χ1v) is 5.37. The molecule has 0 aliphatic rings. The summed E-state index contributed by atoms with van der Waals surface area (Å²) in [7, 11) is 0. The Hall–Kier alpha value is -1.06. The summed E-state index contributed by atoms with van der Waals surface area (Å²) in [5, 5.41) is 8.70. The van der Waals surface area contributed by atoms with Crippen molar-refractivity contribution in [2.24, 2.45) is 5.73 Å². The summed E-state index contributed by atoms with van der Waals surface area (Å²) >= 11 is 0. The van der Waals surface area contributed by atoms with Gasteiger partial charge in [-0.3, -0.25) is 0 Å². The Morgan fingerprint density at radius 1 is 1.33 bits per heavy atom. The average Bonchev–Trinajstić information content (AvgIpc) is 2.27. The highest BCUT2D eigenvalue weighted by Gasteiger charge is 2.05. The normalized spacial score (nSPS) is 12.5. The molecule has 0 spiro atoms. The zero-order chi connectivity index (χ0) is 11.1. The molecule has 0 radical (unpaired) electrons. The number of hydrogen-bond donors (Lipinski definition) is 2. The Morgan fingerprint density at radius 2 is 2.00 bits per heavy atom. The van der Waals surface area contributed by atoms with Crippen LogP contribution in [-0.2, 0) is 0 Å². The standard InChI is InChI=1S/C12H19NO2/c1-2-15-11-7-5-10(6-8-11)12(13)4-3-9-14/h5-8,12,14H,2-4,9,13H2,1H3/t12-/m0/s1. The summed E-state index contributed by atoms with van der Waals surface area (Å²) < 4.78 is 5.34. The van der Waals surface area contributed by atoms with E-state index >= 15 is 0 Å². The third-order valence-electron chi connectivity index (χ3n) is 2.29. The summed E-state index contributed by atoms with van der Waals surface area (Å²) in [6, 6.07) is 7.82. The van der Waals surface area contributed by atoms with Gasteiger partial charge in [-0.05, 0) is 37.5 Å². The van der Waals surface area contributed by atoms with Crippen molar-refractivity contribution in [3.05, 3.63) is 29.8 Å². The quantitative estimate of drug-likeness (QED) is 0.752. The van der Waals surface area contributed by atoms with Gasteiger partial charge in [0.1, 0.15) is 5.75 Å². The van der Waals surface area contributed by atoms with E-state index in [9.17, 15) is 0 Å². The number of nitrogens with two attached hydrogens (primary N) is 1. The van der Waals surface area contributed by atoms with Gasteiger partial charge in [-0.15, -0.1) is 0 Å². The van der Waals surface area contributed by atoms with Gasteiger partial charge in [-0.25, -0.2) is 0 Å². The highest BCUT2D eigenvalue weighted by atomic mass is 16.5. The molecule has 0 fully saturated rings. The molecule has 0 heterocycles. The monoisotopic (exact) mass is 209 g/mol. The van der Waals surface area contributed by atoms with Crippen molar-refractivity contribution in [2.45, 2.75) is 25.8 Å². The Bertz CT molecular complexity index is 271. The third kappa shape index (κ3) is 3.90. The maximum absolute atomic E-state index is 8.70. The largest absolute Gasteiger partial charge is 0.494 e. The van der Waals surface area contributed by atoms with Crippen molar-refractivity contribution < 1.29 is 9.84 Å². The van der Waals surface area contributed by atoms with Crippen LogP contribution in [0.4, 0.5) is 0 Å². The molecule has 1 rings (SSSR count). The first-order chi connectivity index (χ1) is 7.27. The molecule has 0 saturated carbocycles. The van der Waals surface area contributed by atoms with Crippen LogP contribution in [0.2, 0.25) is 0 Å². The minimum absolute atomic E-state index is 0.00725. The Labute approximate surface area is 90.9 Å². The second-order valence-corrected chi connectivity index (χ2v) is 3.47. The minimum atomic E-state index is 0.00725. The number of ether oxygens (including phenoxy) is 1. The summed E-state index contributed by atoms with van der Waals surface area (Å²) in [5.74, 6) is 0.871. The number of aliphatic hydroxyl groups excluding tert-OH is 1. The van der Waals surface area contributed by atoms with Gasteiger partial charge < -0.3 is 15.6 Å². The van der Waals surface area contributed by atoms with Gasteiger partial charge in [0, 0.05) is 12.6 Å². The summed E-state index contributed by atoms with van der Waals surface area (Å²) in [6.07, 6.45) is 1.55. The molecular formula is C12H19NO2. The molecule has 1 aromatic rings. The molecule has 0 amide bonds. The van der Waals surface area contributed by atoms with Gasteiger partial charge in [0.05, 0.1) is 6.61 Å². The fourth-order valence-corrected chi connectivity index (χ4v) is 1.46. The van der Waals surface area contributed by atoms with E-state index in [4.69, 9.17) is 15.6 Å². The van der Waals surface area contributed by atoms with Gasteiger partial charge in [-0.1, -0.05) is 12.1 Å². The molecule has 0 bridgehead atoms. The SMILES string of the molecule is CCOc1ccc([C@@H](N)CCCO)cc1. The lowest BCUT2D eigenvalue weighted by molar-refractivity contribution is 0.280. The molecule has 3 heteroatoms.